The van der Waals surface area contributed by atoms with Crippen LogP contribution in [-0.2, 0) is 27.4 Å². The Bertz CT molecular complexity index is 731. The van der Waals surface area contributed by atoms with Crippen LogP contribution in [0.15, 0.2) is 60.7 Å². The van der Waals surface area contributed by atoms with Crippen LogP contribution in [0.4, 0.5) is 4.79 Å². The van der Waals surface area contributed by atoms with Crippen molar-refractivity contribution < 1.29 is 29.3 Å². The predicted octanol–water partition coefficient (Wildman–Crippen LogP) is 2.06. The number of amides is 1. The molecule has 0 saturated heterocycles. The van der Waals surface area contributed by atoms with Gasteiger partial charge in [-0.05, 0) is 11.1 Å². The number of carbonyl (C=O) groups is 3. The van der Waals surface area contributed by atoms with Crippen molar-refractivity contribution in [3.63, 3.8) is 0 Å². The number of ether oxygens (including phenoxy) is 1. The monoisotopic (exact) mass is 343 g/mol. The minimum absolute atomic E-state index is 0.104. The lowest BCUT2D eigenvalue weighted by molar-refractivity contribution is -0.158. The van der Waals surface area contributed by atoms with Gasteiger partial charge in [-0.2, -0.15) is 0 Å². The normalized spacial score (nSPS) is 10.7. The second-order valence-corrected chi connectivity index (χ2v) is 5.36. The molecular weight excluding hydrogens is 326 g/mol. The Morgan fingerprint density at radius 2 is 1.32 bits per heavy atom. The molecule has 25 heavy (non-hydrogen) atoms. The minimum atomic E-state index is -2.52. The van der Waals surface area contributed by atoms with E-state index < -0.39 is 30.0 Å². The number of hydrogen-bond acceptors (Lipinski definition) is 4. The summed E-state index contributed by atoms with van der Waals surface area (Å²) in [5.74, 6) is -3.36. The quantitative estimate of drug-likeness (QED) is 0.663. The van der Waals surface area contributed by atoms with Gasteiger partial charge in [0.2, 0.25) is 5.54 Å². The fourth-order valence-corrected chi connectivity index (χ4v) is 2.23. The van der Waals surface area contributed by atoms with Crippen LogP contribution < -0.4 is 5.32 Å². The van der Waals surface area contributed by atoms with Crippen molar-refractivity contribution in [3.8, 4) is 0 Å². The second-order valence-electron chi connectivity index (χ2n) is 5.36. The summed E-state index contributed by atoms with van der Waals surface area (Å²) in [6, 6.07) is 16.9. The molecule has 1 amide bonds. The average Bonchev–Trinajstić information content (AvgIpc) is 2.60. The molecule has 0 radical (unpaired) electrons. The summed E-state index contributed by atoms with van der Waals surface area (Å²) in [5, 5.41) is 20.9. The van der Waals surface area contributed by atoms with Crippen LogP contribution in [0.2, 0.25) is 0 Å². The third-order valence-electron chi connectivity index (χ3n) is 3.57. The van der Waals surface area contributed by atoms with E-state index in [1.54, 1.807) is 60.7 Å². The van der Waals surface area contributed by atoms with Gasteiger partial charge in [0.15, 0.2) is 0 Å². The summed E-state index contributed by atoms with van der Waals surface area (Å²) >= 11 is 0. The molecule has 7 nitrogen and oxygen atoms in total. The largest absolute Gasteiger partial charge is 0.479 e. The standard InChI is InChI=1S/C18H17NO6/c20-15(21)18(16(22)23,11-13-7-3-1-4-8-13)19-17(24)25-12-14-9-5-2-6-10-14/h1-10H,11-12H2,(H,19,24)(H,20,21)(H,22,23). The first-order valence-electron chi connectivity index (χ1n) is 7.43. The lowest BCUT2D eigenvalue weighted by atomic mass is 9.91. The van der Waals surface area contributed by atoms with Crippen LogP contribution in [-0.4, -0.2) is 33.8 Å². The van der Waals surface area contributed by atoms with E-state index in [0.717, 1.165) is 0 Å². The number of hydrogen-bond donors (Lipinski definition) is 3. The molecule has 0 atom stereocenters. The van der Waals surface area contributed by atoms with Crippen molar-refractivity contribution in [2.24, 2.45) is 0 Å². The van der Waals surface area contributed by atoms with E-state index in [9.17, 15) is 24.6 Å². The van der Waals surface area contributed by atoms with Crippen molar-refractivity contribution in [1.82, 2.24) is 5.32 Å². The molecular formula is C18H17NO6. The Hall–Kier alpha value is -3.35. The van der Waals surface area contributed by atoms with Gasteiger partial charge in [-0.3, -0.25) is 5.32 Å². The molecule has 0 aliphatic rings. The fraction of sp³-hybridized carbons (Fsp3) is 0.167. The van der Waals surface area contributed by atoms with Crippen LogP contribution in [0.3, 0.4) is 0 Å². The van der Waals surface area contributed by atoms with Gasteiger partial charge >= 0.3 is 18.0 Å². The molecule has 0 aliphatic carbocycles. The van der Waals surface area contributed by atoms with Crippen LogP contribution in [0.25, 0.3) is 0 Å². The van der Waals surface area contributed by atoms with Gasteiger partial charge in [-0.25, -0.2) is 14.4 Å². The number of alkyl carbamates (subject to hydrolysis) is 1. The molecule has 0 aromatic heterocycles. The number of benzene rings is 2. The second kappa shape index (κ2) is 7.96. The van der Waals surface area contributed by atoms with Gasteiger partial charge in [0, 0.05) is 6.42 Å². The maximum Gasteiger partial charge on any atom is 0.408 e. The van der Waals surface area contributed by atoms with Crippen molar-refractivity contribution in [2.75, 3.05) is 0 Å². The topological polar surface area (TPSA) is 113 Å². The Balaban J connectivity index is 2.13. The number of rotatable bonds is 7. The first kappa shape index (κ1) is 18.0. The average molecular weight is 343 g/mol. The molecule has 2 aromatic rings. The van der Waals surface area contributed by atoms with Crippen molar-refractivity contribution in [1.29, 1.82) is 0 Å². The molecule has 0 unspecified atom stereocenters. The molecule has 7 heteroatoms. The molecule has 2 aromatic carbocycles. The molecule has 0 saturated carbocycles. The third kappa shape index (κ3) is 4.57. The van der Waals surface area contributed by atoms with Crippen molar-refractivity contribution >= 4 is 18.0 Å². The van der Waals surface area contributed by atoms with Gasteiger partial charge in [-0.1, -0.05) is 60.7 Å². The summed E-state index contributed by atoms with van der Waals surface area (Å²) in [6.45, 7) is -0.104. The molecule has 2 rings (SSSR count). The molecule has 3 N–H and O–H groups in total. The zero-order chi connectivity index (χ0) is 18.3. The van der Waals surface area contributed by atoms with Crippen LogP contribution in [0, 0.1) is 0 Å². The zero-order valence-electron chi connectivity index (χ0n) is 13.2. The summed E-state index contributed by atoms with van der Waals surface area (Å²) in [4.78, 5) is 35.2. The lowest BCUT2D eigenvalue weighted by Crippen LogP contribution is -2.61. The summed E-state index contributed by atoms with van der Waals surface area (Å²) < 4.78 is 4.94. The highest BCUT2D eigenvalue weighted by Gasteiger charge is 2.48. The van der Waals surface area contributed by atoms with Gasteiger partial charge in [0.1, 0.15) is 6.61 Å². The minimum Gasteiger partial charge on any atom is -0.479 e. The molecule has 0 heterocycles. The smallest absolute Gasteiger partial charge is 0.408 e. The summed E-state index contributed by atoms with van der Waals surface area (Å²) in [5.41, 5.74) is -1.37. The molecule has 0 bridgehead atoms. The maximum atomic E-state index is 12.0. The summed E-state index contributed by atoms with van der Waals surface area (Å²) in [6.07, 6.45) is -1.54. The molecule has 0 fully saturated rings. The highest BCUT2D eigenvalue weighted by Crippen LogP contribution is 2.16. The Morgan fingerprint density at radius 3 is 1.80 bits per heavy atom. The fourth-order valence-electron chi connectivity index (χ4n) is 2.23. The van der Waals surface area contributed by atoms with Gasteiger partial charge < -0.3 is 14.9 Å². The van der Waals surface area contributed by atoms with Gasteiger partial charge in [-0.15, -0.1) is 0 Å². The van der Waals surface area contributed by atoms with Crippen LogP contribution >= 0.6 is 0 Å². The van der Waals surface area contributed by atoms with Gasteiger partial charge in [0.25, 0.3) is 0 Å². The third-order valence-corrected chi connectivity index (χ3v) is 3.57. The van der Waals surface area contributed by atoms with E-state index in [0.29, 0.717) is 11.1 Å². The van der Waals surface area contributed by atoms with E-state index in [2.05, 4.69) is 0 Å². The SMILES string of the molecule is O=C(NC(Cc1ccccc1)(C(=O)O)C(=O)O)OCc1ccccc1. The van der Waals surface area contributed by atoms with Crippen molar-refractivity contribution in [3.05, 3.63) is 71.8 Å². The lowest BCUT2D eigenvalue weighted by Gasteiger charge is -2.25. The number of aliphatic carboxylic acids is 2. The first-order chi connectivity index (χ1) is 11.9. The van der Waals surface area contributed by atoms with Crippen LogP contribution in [0.5, 0.6) is 0 Å². The number of carbonyl (C=O) groups excluding carboxylic acids is 1. The van der Waals surface area contributed by atoms with Gasteiger partial charge in [0.05, 0.1) is 0 Å². The highest BCUT2D eigenvalue weighted by atomic mass is 16.5. The number of carboxylic acids is 2. The number of carboxylic acid groups (broad SMARTS) is 2. The van der Waals surface area contributed by atoms with E-state index >= 15 is 0 Å². The highest BCUT2D eigenvalue weighted by molar-refractivity contribution is 6.06. The Labute approximate surface area is 143 Å². The maximum absolute atomic E-state index is 12.0. The van der Waals surface area contributed by atoms with E-state index in [1.807, 2.05) is 5.32 Å². The predicted molar refractivity (Wildman–Crippen MR) is 87.9 cm³/mol. The molecule has 0 aliphatic heterocycles. The van der Waals surface area contributed by atoms with Crippen LogP contribution in [0.1, 0.15) is 11.1 Å². The van der Waals surface area contributed by atoms with E-state index in [-0.39, 0.29) is 6.61 Å². The Morgan fingerprint density at radius 1 is 0.840 bits per heavy atom. The van der Waals surface area contributed by atoms with Crippen molar-refractivity contribution in [2.45, 2.75) is 18.6 Å². The zero-order valence-corrected chi connectivity index (χ0v) is 13.2. The summed E-state index contributed by atoms with van der Waals surface area (Å²) in [7, 11) is 0. The molecule has 130 valence electrons. The molecule has 0 spiro atoms. The Kier molecular flexibility index (Phi) is 5.73. The van der Waals surface area contributed by atoms with E-state index in [1.165, 1.54) is 0 Å². The van der Waals surface area contributed by atoms with E-state index in [4.69, 9.17) is 4.74 Å². The number of nitrogens with one attached hydrogen (secondary N) is 1. The first-order valence-corrected chi connectivity index (χ1v) is 7.43.